The number of pyridine rings is 1. The van der Waals surface area contributed by atoms with Crippen LogP contribution >= 0.6 is 23.2 Å². The Morgan fingerprint density at radius 3 is 2.49 bits per heavy atom. The Kier molecular flexibility index (Phi) is 6.86. The minimum absolute atomic E-state index is 0. The molecule has 0 bridgehead atoms. The molecule has 10 heteroatoms. The van der Waals surface area contributed by atoms with E-state index in [1.54, 1.807) is 35.9 Å². The molecule has 5 aromatic rings. The van der Waals surface area contributed by atoms with Crippen LogP contribution in [0.5, 0.6) is 0 Å². The summed E-state index contributed by atoms with van der Waals surface area (Å²) in [7, 11) is 0. The van der Waals surface area contributed by atoms with E-state index in [2.05, 4.69) is 25.5 Å². The summed E-state index contributed by atoms with van der Waals surface area (Å²) in [5, 5.41) is 12.8. The molecule has 0 unspecified atom stereocenters. The molecule has 0 aliphatic rings. The van der Waals surface area contributed by atoms with Gasteiger partial charge in [0.05, 0.1) is 21.7 Å². The molecule has 0 atom stereocenters. The molecule has 35 heavy (non-hydrogen) atoms. The highest BCUT2D eigenvalue weighted by Gasteiger charge is 2.21. The summed E-state index contributed by atoms with van der Waals surface area (Å²) < 4.78 is 7.05. The van der Waals surface area contributed by atoms with Gasteiger partial charge in [0, 0.05) is 22.5 Å². The fourth-order valence-electron chi connectivity index (χ4n) is 3.54. The average Bonchev–Trinajstić information content (AvgIpc) is 3.41. The summed E-state index contributed by atoms with van der Waals surface area (Å²) in [6.07, 6.45) is 1.43. The minimum atomic E-state index is -0.381. The maximum atomic E-state index is 12.8. The lowest BCUT2D eigenvalue weighted by molar-refractivity contribution is 0.102. The minimum Gasteiger partial charge on any atom is -0.337 e. The number of amides is 1. The van der Waals surface area contributed by atoms with Gasteiger partial charge in [-0.3, -0.25) is 4.79 Å². The lowest BCUT2D eigenvalue weighted by atomic mass is 10.1. The van der Waals surface area contributed by atoms with Crippen molar-refractivity contribution in [1.82, 2.24) is 24.9 Å². The highest BCUT2D eigenvalue weighted by Crippen LogP contribution is 2.29. The summed E-state index contributed by atoms with van der Waals surface area (Å²) in [6, 6.07) is 14.7. The maximum Gasteiger partial charge on any atom is 0.258 e. The molecule has 8 nitrogen and oxygen atoms in total. The number of hydrogen-bond donors (Lipinski definition) is 1. The van der Waals surface area contributed by atoms with E-state index in [1.165, 1.54) is 6.20 Å². The average molecular weight is 509 g/mol. The molecule has 0 spiro atoms. The highest BCUT2D eigenvalue weighted by atomic mass is 35.5. The van der Waals surface area contributed by atoms with Gasteiger partial charge < -0.3 is 9.84 Å². The zero-order chi connectivity index (χ0) is 23.8. The number of benzene rings is 2. The lowest BCUT2D eigenvalue weighted by Crippen LogP contribution is -2.13. The van der Waals surface area contributed by atoms with Crippen LogP contribution in [0.2, 0.25) is 10.0 Å². The van der Waals surface area contributed by atoms with Gasteiger partial charge in [-0.15, -0.1) is 0 Å². The van der Waals surface area contributed by atoms with E-state index in [-0.39, 0.29) is 30.5 Å². The molecule has 0 fully saturated rings. The van der Waals surface area contributed by atoms with Crippen molar-refractivity contribution in [2.75, 3.05) is 5.32 Å². The van der Waals surface area contributed by atoms with Crippen LogP contribution in [0.15, 0.2) is 59.3 Å². The van der Waals surface area contributed by atoms with E-state index in [1.807, 2.05) is 31.2 Å². The molecule has 5 rings (SSSR count). The van der Waals surface area contributed by atoms with Crippen molar-refractivity contribution in [1.29, 1.82) is 0 Å². The van der Waals surface area contributed by atoms with Gasteiger partial charge in [-0.2, -0.15) is 10.1 Å². The number of hydrogen-bond acceptors (Lipinski definition) is 6. The number of aromatic nitrogens is 5. The van der Waals surface area contributed by atoms with Crippen molar-refractivity contribution in [3.8, 4) is 11.4 Å². The van der Waals surface area contributed by atoms with E-state index in [0.717, 1.165) is 11.1 Å². The molecule has 0 aliphatic carbocycles. The van der Waals surface area contributed by atoms with Gasteiger partial charge in [0.1, 0.15) is 6.54 Å². The molecule has 3 heterocycles. The number of carbonyl (C=O) groups excluding carboxylic acids is 1. The van der Waals surface area contributed by atoms with Gasteiger partial charge >= 0.3 is 0 Å². The molecular weight excluding hydrogens is 487 g/mol. The first-order valence-corrected chi connectivity index (χ1v) is 11.1. The van der Waals surface area contributed by atoms with Crippen LogP contribution in [0.25, 0.3) is 22.4 Å². The van der Waals surface area contributed by atoms with E-state index < -0.39 is 0 Å². The molecule has 0 aliphatic heterocycles. The van der Waals surface area contributed by atoms with Crippen molar-refractivity contribution >= 4 is 45.8 Å². The van der Waals surface area contributed by atoms with Crippen LogP contribution in [0.4, 0.5) is 5.69 Å². The zero-order valence-electron chi connectivity index (χ0n) is 18.2. The molecule has 1 amide bonds. The van der Waals surface area contributed by atoms with Crippen LogP contribution in [0, 0.1) is 13.8 Å². The third-order valence-electron chi connectivity index (χ3n) is 5.28. The Morgan fingerprint density at radius 1 is 1.06 bits per heavy atom. The third-order valence-corrected chi connectivity index (χ3v) is 5.93. The Balaban J connectivity index is 0.00000289. The van der Waals surface area contributed by atoms with Crippen molar-refractivity contribution < 1.29 is 9.32 Å². The van der Waals surface area contributed by atoms with Crippen molar-refractivity contribution in [2.24, 2.45) is 0 Å². The Hall–Kier alpha value is -3.75. The molecule has 178 valence electrons. The maximum absolute atomic E-state index is 12.8. The number of rotatable bonds is 5. The number of fused-ring (bicyclic) bond motifs is 1. The lowest BCUT2D eigenvalue weighted by Gasteiger charge is -2.08. The number of aryl methyl sites for hydroxylation is 2. The predicted octanol–water partition coefficient (Wildman–Crippen LogP) is 6.34. The van der Waals surface area contributed by atoms with Crippen molar-refractivity contribution in [2.45, 2.75) is 27.8 Å². The van der Waals surface area contributed by atoms with E-state index >= 15 is 0 Å². The van der Waals surface area contributed by atoms with Crippen molar-refractivity contribution in [3.05, 3.63) is 87.5 Å². The van der Waals surface area contributed by atoms with Crippen LogP contribution in [-0.2, 0) is 6.54 Å². The van der Waals surface area contributed by atoms with Crippen LogP contribution < -0.4 is 5.32 Å². The number of anilines is 1. The quantitative estimate of drug-likeness (QED) is 0.297. The smallest absolute Gasteiger partial charge is 0.258 e. The van der Waals surface area contributed by atoms with Crippen LogP contribution in [0.3, 0.4) is 0 Å². The number of nitrogens with zero attached hydrogens (tertiary/aromatic N) is 5. The number of halogens is 2. The van der Waals surface area contributed by atoms with E-state index in [9.17, 15) is 4.79 Å². The molecule has 2 aromatic carbocycles. The van der Waals surface area contributed by atoms with Gasteiger partial charge in [-0.05, 0) is 38.1 Å². The van der Waals surface area contributed by atoms with E-state index in [0.29, 0.717) is 39.2 Å². The van der Waals surface area contributed by atoms with Crippen LogP contribution in [-0.4, -0.2) is 30.8 Å². The fourth-order valence-corrected chi connectivity index (χ4v) is 4.02. The Morgan fingerprint density at radius 2 is 1.77 bits per heavy atom. The second-order valence-corrected chi connectivity index (χ2v) is 8.58. The summed E-state index contributed by atoms with van der Waals surface area (Å²) in [5.74, 6) is 0.492. The molecule has 1 N–H and O–H groups in total. The summed E-state index contributed by atoms with van der Waals surface area (Å²) in [4.78, 5) is 21.7. The molecule has 0 saturated carbocycles. The van der Waals surface area contributed by atoms with Gasteiger partial charge in [-0.25, -0.2) is 9.67 Å². The number of carbonyl (C=O) groups is 1. The predicted molar refractivity (Wildman–Crippen MR) is 137 cm³/mol. The van der Waals surface area contributed by atoms with Crippen LogP contribution in [0.1, 0.15) is 34.9 Å². The highest BCUT2D eigenvalue weighted by molar-refractivity contribution is 6.39. The Bertz CT molecular complexity index is 1510. The monoisotopic (exact) mass is 508 g/mol. The third kappa shape index (κ3) is 4.89. The number of nitrogens with one attached hydrogen (secondary N) is 1. The normalized spacial score (nSPS) is 10.9. The summed E-state index contributed by atoms with van der Waals surface area (Å²) in [5.41, 5.74) is 3.99. The van der Waals surface area contributed by atoms with E-state index in [4.69, 9.17) is 27.7 Å². The summed E-state index contributed by atoms with van der Waals surface area (Å²) >= 11 is 12.5. The Labute approximate surface area is 211 Å². The van der Waals surface area contributed by atoms with Gasteiger partial charge in [0.2, 0.25) is 11.7 Å². The van der Waals surface area contributed by atoms with Gasteiger partial charge in [0.15, 0.2) is 5.65 Å². The first kappa shape index (κ1) is 24.4. The van der Waals surface area contributed by atoms with Gasteiger partial charge in [0.25, 0.3) is 5.91 Å². The van der Waals surface area contributed by atoms with Crippen molar-refractivity contribution in [3.63, 3.8) is 0 Å². The standard InChI is InChI=1S/C24H18Cl2N6O2.CH4/c1-13-3-5-15(6-4-13)22-29-19(34-31-22)12-32-23-20(14(2)30-32)21(26)18(11-27-23)24(33)28-17-9-7-16(25)8-10-17;/h3-11H,12H2,1-2H3,(H,28,33);1H4. The second-order valence-electron chi connectivity index (χ2n) is 7.77. The largest absolute Gasteiger partial charge is 0.337 e. The fraction of sp³-hybridized carbons (Fsp3) is 0.160. The molecule has 3 aromatic heterocycles. The first-order chi connectivity index (χ1) is 16.4. The second kappa shape index (κ2) is 9.85. The topological polar surface area (TPSA) is 98.7 Å². The summed E-state index contributed by atoms with van der Waals surface area (Å²) in [6.45, 7) is 4.03. The molecular formula is C25H22Cl2N6O2. The zero-order valence-corrected chi connectivity index (χ0v) is 19.7. The molecule has 0 saturated heterocycles. The van der Waals surface area contributed by atoms with Gasteiger partial charge in [-0.1, -0.05) is 65.6 Å². The molecule has 0 radical (unpaired) electrons. The first-order valence-electron chi connectivity index (χ1n) is 10.4. The SMILES string of the molecule is C.Cc1ccc(-c2noc(Cn3nc(C)c4c(Cl)c(C(=O)Nc5ccc(Cl)cc5)cnc43)n2)cc1.